The lowest BCUT2D eigenvalue weighted by Gasteiger charge is -2.19. The summed E-state index contributed by atoms with van der Waals surface area (Å²) < 4.78 is 0. The predicted molar refractivity (Wildman–Crippen MR) is 42.9 cm³/mol. The van der Waals surface area contributed by atoms with Gasteiger partial charge in [0, 0.05) is 12.6 Å². The summed E-state index contributed by atoms with van der Waals surface area (Å²) in [6.45, 7) is 7.35. The van der Waals surface area contributed by atoms with E-state index in [2.05, 4.69) is 18.7 Å². The molecule has 1 aliphatic carbocycles. The number of likely N-dealkylation sites (tertiary alicyclic amines) is 1. The number of hydrogen-bond acceptors (Lipinski definition) is 1. The third-order valence-corrected chi connectivity index (χ3v) is 2.74. The molecule has 1 aliphatic heterocycles. The van der Waals surface area contributed by atoms with Crippen LogP contribution in [0.25, 0.3) is 0 Å². The molecule has 2 unspecified atom stereocenters. The van der Waals surface area contributed by atoms with E-state index in [0.29, 0.717) is 0 Å². The van der Waals surface area contributed by atoms with E-state index < -0.39 is 0 Å². The average molecular weight is 139 g/mol. The van der Waals surface area contributed by atoms with Crippen molar-refractivity contribution in [1.29, 1.82) is 0 Å². The van der Waals surface area contributed by atoms with Crippen molar-refractivity contribution < 1.29 is 0 Å². The van der Waals surface area contributed by atoms with Gasteiger partial charge in [-0.2, -0.15) is 0 Å². The summed E-state index contributed by atoms with van der Waals surface area (Å²) >= 11 is 0. The largest absolute Gasteiger partial charge is 0.300 e. The fourth-order valence-electron chi connectivity index (χ4n) is 2.18. The molecule has 0 amide bonds. The predicted octanol–water partition coefficient (Wildman–Crippen LogP) is 1.74. The fraction of sp³-hybridized carbons (Fsp3) is 1.00. The first-order chi connectivity index (χ1) is 4.77. The molecule has 2 rings (SSSR count). The van der Waals surface area contributed by atoms with Crippen molar-refractivity contribution in [3.8, 4) is 0 Å². The quantitative estimate of drug-likeness (QED) is 0.563. The molecule has 0 N–H and O–H groups in total. The Labute approximate surface area is 63.4 Å². The van der Waals surface area contributed by atoms with Crippen LogP contribution in [0.15, 0.2) is 0 Å². The van der Waals surface area contributed by atoms with Gasteiger partial charge >= 0.3 is 0 Å². The van der Waals surface area contributed by atoms with Gasteiger partial charge in [0.1, 0.15) is 0 Å². The third kappa shape index (κ3) is 1.07. The lowest BCUT2D eigenvalue weighted by atomic mass is 10.2. The maximum atomic E-state index is 2.68. The molecule has 1 saturated heterocycles. The van der Waals surface area contributed by atoms with Gasteiger partial charge in [0.05, 0.1) is 0 Å². The maximum absolute atomic E-state index is 2.68. The van der Waals surface area contributed by atoms with Crippen LogP contribution in [0.3, 0.4) is 0 Å². The fourth-order valence-corrected chi connectivity index (χ4v) is 2.18. The minimum atomic E-state index is 0.861. The molecule has 0 spiro atoms. The van der Waals surface area contributed by atoms with Gasteiger partial charge in [-0.25, -0.2) is 0 Å². The highest BCUT2D eigenvalue weighted by atomic mass is 15.2. The summed E-state index contributed by atoms with van der Waals surface area (Å²) in [6.07, 6.45) is 2.99. The van der Waals surface area contributed by atoms with E-state index in [1.165, 1.54) is 25.9 Å². The van der Waals surface area contributed by atoms with Crippen LogP contribution in [0.4, 0.5) is 0 Å². The number of rotatable bonds is 2. The van der Waals surface area contributed by atoms with Gasteiger partial charge in [-0.05, 0) is 31.2 Å². The van der Waals surface area contributed by atoms with Crippen molar-refractivity contribution in [3.05, 3.63) is 0 Å². The molecule has 0 aromatic rings. The van der Waals surface area contributed by atoms with E-state index in [1.54, 1.807) is 0 Å². The molecule has 2 fully saturated rings. The molecule has 1 saturated carbocycles. The van der Waals surface area contributed by atoms with E-state index in [9.17, 15) is 0 Å². The Bertz CT molecular complexity index is 131. The normalized spacial score (nSPS) is 38.7. The van der Waals surface area contributed by atoms with Crippen molar-refractivity contribution in [2.75, 3.05) is 13.1 Å². The first-order valence-electron chi connectivity index (χ1n) is 4.51. The van der Waals surface area contributed by atoms with Gasteiger partial charge in [-0.15, -0.1) is 0 Å². The maximum Gasteiger partial charge on any atom is 0.0128 e. The third-order valence-electron chi connectivity index (χ3n) is 2.74. The Balaban J connectivity index is 1.82. The first kappa shape index (κ1) is 6.66. The second kappa shape index (κ2) is 2.23. The van der Waals surface area contributed by atoms with E-state index in [1.807, 2.05) is 0 Å². The molecular formula is C9H17N. The second-order valence-electron chi connectivity index (χ2n) is 4.24. The Morgan fingerprint density at radius 3 is 2.70 bits per heavy atom. The molecule has 0 bridgehead atoms. The summed E-state index contributed by atoms with van der Waals surface area (Å²) in [5.74, 6) is 1.97. The van der Waals surface area contributed by atoms with Gasteiger partial charge in [-0.1, -0.05) is 13.8 Å². The molecule has 1 nitrogen and oxygen atoms in total. The van der Waals surface area contributed by atoms with Gasteiger partial charge in [0.15, 0.2) is 0 Å². The Hall–Kier alpha value is -0.0400. The molecule has 10 heavy (non-hydrogen) atoms. The van der Waals surface area contributed by atoms with Crippen LogP contribution in [0.2, 0.25) is 0 Å². The lowest BCUT2D eigenvalue weighted by Crippen LogP contribution is -2.27. The van der Waals surface area contributed by atoms with Crippen LogP contribution in [0.5, 0.6) is 0 Å². The van der Waals surface area contributed by atoms with E-state index in [4.69, 9.17) is 0 Å². The summed E-state index contributed by atoms with van der Waals surface area (Å²) in [5.41, 5.74) is 0. The zero-order valence-corrected chi connectivity index (χ0v) is 7.01. The minimum Gasteiger partial charge on any atom is -0.300 e. The van der Waals surface area contributed by atoms with Crippen LogP contribution in [0.1, 0.15) is 26.7 Å². The number of hydrogen-bond donors (Lipinski definition) is 0. The second-order valence-corrected chi connectivity index (χ2v) is 4.24. The van der Waals surface area contributed by atoms with Crippen molar-refractivity contribution in [2.45, 2.75) is 32.7 Å². The Morgan fingerprint density at radius 2 is 2.30 bits per heavy atom. The van der Waals surface area contributed by atoms with Crippen LogP contribution >= 0.6 is 0 Å². The van der Waals surface area contributed by atoms with E-state index in [-0.39, 0.29) is 0 Å². The van der Waals surface area contributed by atoms with Crippen molar-refractivity contribution in [3.63, 3.8) is 0 Å². The van der Waals surface area contributed by atoms with E-state index in [0.717, 1.165) is 17.9 Å². The van der Waals surface area contributed by atoms with Crippen LogP contribution in [-0.2, 0) is 0 Å². The smallest absolute Gasteiger partial charge is 0.0128 e. The van der Waals surface area contributed by atoms with Crippen molar-refractivity contribution in [2.24, 2.45) is 11.8 Å². The first-order valence-corrected chi connectivity index (χ1v) is 4.51. The van der Waals surface area contributed by atoms with Gasteiger partial charge in [0.25, 0.3) is 0 Å². The lowest BCUT2D eigenvalue weighted by molar-refractivity contribution is 0.265. The standard InChI is InChI=1S/C9H17N/c1-7(2)6-10-4-3-8-5-9(8)10/h7-9H,3-6H2,1-2H3. The Kier molecular flexibility index (Phi) is 1.48. The monoisotopic (exact) mass is 139 g/mol. The number of nitrogens with zero attached hydrogens (tertiary/aromatic N) is 1. The molecule has 2 atom stereocenters. The van der Waals surface area contributed by atoms with Gasteiger partial charge < -0.3 is 0 Å². The zero-order valence-electron chi connectivity index (χ0n) is 7.01. The minimum absolute atomic E-state index is 0.861. The van der Waals surface area contributed by atoms with Crippen molar-refractivity contribution >= 4 is 0 Å². The van der Waals surface area contributed by atoms with Crippen LogP contribution in [0, 0.1) is 11.8 Å². The zero-order chi connectivity index (χ0) is 7.14. The van der Waals surface area contributed by atoms with Crippen molar-refractivity contribution in [1.82, 2.24) is 4.90 Å². The average Bonchev–Trinajstić information content (AvgIpc) is 2.52. The molecule has 58 valence electrons. The molecular weight excluding hydrogens is 122 g/mol. The highest BCUT2D eigenvalue weighted by molar-refractivity contribution is 5.00. The topological polar surface area (TPSA) is 3.24 Å². The molecule has 0 aromatic heterocycles. The van der Waals surface area contributed by atoms with E-state index >= 15 is 0 Å². The van der Waals surface area contributed by atoms with Gasteiger partial charge in [-0.3, -0.25) is 4.90 Å². The molecule has 0 radical (unpaired) electrons. The van der Waals surface area contributed by atoms with Gasteiger partial charge in [0.2, 0.25) is 0 Å². The number of fused-ring (bicyclic) bond motifs is 1. The SMILES string of the molecule is CC(C)CN1CCC2CC21. The molecule has 1 heterocycles. The summed E-state index contributed by atoms with van der Waals surface area (Å²) in [4.78, 5) is 2.68. The molecule has 2 aliphatic rings. The highest BCUT2D eigenvalue weighted by Gasteiger charge is 2.46. The number of piperidine rings is 1. The van der Waals surface area contributed by atoms with Crippen LogP contribution < -0.4 is 0 Å². The highest BCUT2D eigenvalue weighted by Crippen LogP contribution is 2.44. The molecule has 1 heteroatoms. The van der Waals surface area contributed by atoms with Crippen LogP contribution in [-0.4, -0.2) is 24.0 Å². The summed E-state index contributed by atoms with van der Waals surface area (Å²) in [5, 5.41) is 0. The summed E-state index contributed by atoms with van der Waals surface area (Å²) in [6, 6.07) is 1.02. The molecule has 0 aromatic carbocycles. The summed E-state index contributed by atoms with van der Waals surface area (Å²) in [7, 11) is 0. The Morgan fingerprint density at radius 1 is 1.50 bits per heavy atom.